The van der Waals surface area contributed by atoms with Crippen molar-refractivity contribution in [2.24, 2.45) is 5.92 Å². The van der Waals surface area contributed by atoms with E-state index in [1.807, 2.05) is 59.5 Å². The molecule has 29 heavy (non-hydrogen) atoms. The van der Waals surface area contributed by atoms with Crippen LogP contribution in [0, 0.1) is 5.92 Å². The molecule has 0 bridgehead atoms. The summed E-state index contributed by atoms with van der Waals surface area (Å²) in [5, 5.41) is 8.94. The third-order valence-corrected chi connectivity index (χ3v) is 5.64. The molecule has 1 aliphatic rings. The number of piperidine rings is 1. The summed E-state index contributed by atoms with van der Waals surface area (Å²) in [7, 11) is 0. The van der Waals surface area contributed by atoms with Crippen LogP contribution in [0.1, 0.15) is 31.5 Å². The van der Waals surface area contributed by atoms with E-state index in [1.165, 1.54) is 0 Å². The molecule has 0 unspecified atom stereocenters. The van der Waals surface area contributed by atoms with Gasteiger partial charge < -0.3 is 10.0 Å². The van der Waals surface area contributed by atoms with Gasteiger partial charge in [0.2, 0.25) is 5.91 Å². The summed E-state index contributed by atoms with van der Waals surface area (Å²) in [5.74, 6) is 0.422. The van der Waals surface area contributed by atoms with Gasteiger partial charge in [-0.3, -0.25) is 14.2 Å². The summed E-state index contributed by atoms with van der Waals surface area (Å²) in [6.45, 7) is 1.29. The van der Waals surface area contributed by atoms with Gasteiger partial charge in [-0.15, -0.1) is 0 Å². The second-order valence-electron chi connectivity index (χ2n) is 7.61. The van der Waals surface area contributed by atoms with E-state index in [9.17, 15) is 9.59 Å². The molecular formula is C23H25N3O3. The largest absolute Gasteiger partial charge is 0.481 e. The number of aryl methyl sites for hydroxylation is 1. The first-order chi connectivity index (χ1) is 14.1. The second kappa shape index (κ2) is 8.47. The fourth-order valence-corrected chi connectivity index (χ4v) is 4.12. The second-order valence-corrected chi connectivity index (χ2v) is 7.61. The van der Waals surface area contributed by atoms with E-state index >= 15 is 0 Å². The predicted octanol–water partition coefficient (Wildman–Crippen LogP) is 3.67. The SMILES string of the molecule is O=C(O)CC1CCN(C(=O)CCc2nc3ccccc3n2-c2ccccc2)CC1. The van der Waals surface area contributed by atoms with Gasteiger partial charge in [-0.2, -0.15) is 0 Å². The Morgan fingerprint density at radius 3 is 2.41 bits per heavy atom. The summed E-state index contributed by atoms with van der Waals surface area (Å²) in [6.07, 6.45) is 2.70. The zero-order valence-corrected chi connectivity index (χ0v) is 16.3. The van der Waals surface area contributed by atoms with Crippen molar-refractivity contribution in [3.63, 3.8) is 0 Å². The normalized spacial score (nSPS) is 15.0. The standard InChI is InChI=1S/C23H25N3O3/c27-22(25-14-12-17(13-15-25)16-23(28)29)11-10-21-24-19-8-4-5-9-20(19)26(21)18-6-2-1-3-7-18/h1-9,17H,10-16H2,(H,28,29). The van der Waals surface area contributed by atoms with Gasteiger partial charge in [0, 0.05) is 38.0 Å². The van der Waals surface area contributed by atoms with E-state index in [-0.39, 0.29) is 18.2 Å². The molecule has 6 heteroatoms. The number of rotatable bonds is 6. The van der Waals surface area contributed by atoms with Gasteiger partial charge in [0.1, 0.15) is 5.82 Å². The van der Waals surface area contributed by atoms with Crippen LogP contribution in [0.15, 0.2) is 54.6 Å². The molecule has 1 aliphatic heterocycles. The number of likely N-dealkylation sites (tertiary alicyclic amines) is 1. The Balaban J connectivity index is 1.46. The van der Waals surface area contributed by atoms with E-state index in [4.69, 9.17) is 10.1 Å². The van der Waals surface area contributed by atoms with Crippen molar-refractivity contribution in [3.05, 3.63) is 60.4 Å². The van der Waals surface area contributed by atoms with Gasteiger partial charge in [-0.1, -0.05) is 30.3 Å². The van der Waals surface area contributed by atoms with Crippen LogP contribution in [-0.2, 0) is 16.0 Å². The van der Waals surface area contributed by atoms with Crippen LogP contribution < -0.4 is 0 Å². The van der Waals surface area contributed by atoms with Gasteiger partial charge in [0.15, 0.2) is 0 Å². The van der Waals surface area contributed by atoms with Crippen LogP contribution in [0.4, 0.5) is 0 Å². The number of imidazole rings is 1. The van der Waals surface area contributed by atoms with Crippen LogP contribution in [0.5, 0.6) is 0 Å². The first kappa shape index (κ1) is 19.2. The number of carbonyl (C=O) groups excluding carboxylic acids is 1. The number of fused-ring (bicyclic) bond motifs is 1. The maximum atomic E-state index is 12.7. The molecule has 150 valence electrons. The quantitative estimate of drug-likeness (QED) is 0.696. The molecule has 0 aliphatic carbocycles. The smallest absolute Gasteiger partial charge is 0.303 e. The van der Waals surface area contributed by atoms with Crippen LogP contribution >= 0.6 is 0 Å². The molecule has 1 saturated heterocycles. The van der Waals surface area contributed by atoms with Crippen molar-refractivity contribution >= 4 is 22.9 Å². The monoisotopic (exact) mass is 391 g/mol. The number of carboxylic acids is 1. The molecule has 1 fully saturated rings. The molecule has 1 N–H and O–H groups in total. The first-order valence-corrected chi connectivity index (χ1v) is 10.1. The lowest BCUT2D eigenvalue weighted by molar-refractivity contribution is -0.138. The molecule has 0 atom stereocenters. The van der Waals surface area contributed by atoms with E-state index in [0.717, 1.165) is 35.4 Å². The molecule has 0 spiro atoms. The Morgan fingerprint density at radius 2 is 1.69 bits per heavy atom. The molecule has 0 saturated carbocycles. The van der Waals surface area contributed by atoms with Gasteiger partial charge >= 0.3 is 5.97 Å². The highest BCUT2D eigenvalue weighted by atomic mass is 16.4. The Kier molecular flexibility index (Phi) is 5.60. The Hall–Kier alpha value is -3.15. The number of carboxylic acid groups (broad SMARTS) is 1. The fraction of sp³-hybridized carbons (Fsp3) is 0.348. The van der Waals surface area contributed by atoms with Crippen LogP contribution in [0.25, 0.3) is 16.7 Å². The Morgan fingerprint density at radius 1 is 1.00 bits per heavy atom. The van der Waals surface area contributed by atoms with Gasteiger partial charge in [0.25, 0.3) is 0 Å². The van der Waals surface area contributed by atoms with Gasteiger partial charge in [-0.05, 0) is 43.0 Å². The lowest BCUT2D eigenvalue weighted by Gasteiger charge is -2.31. The number of aromatic nitrogens is 2. The van der Waals surface area contributed by atoms with Crippen LogP contribution in [-0.4, -0.2) is 44.5 Å². The molecular weight excluding hydrogens is 366 g/mol. The highest BCUT2D eigenvalue weighted by Gasteiger charge is 2.24. The topological polar surface area (TPSA) is 75.4 Å². The minimum Gasteiger partial charge on any atom is -0.481 e. The summed E-state index contributed by atoms with van der Waals surface area (Å²) < 4.78 is 2.13. The molecule has 2 aromatic carbocycles. The number of amides is 1. The third kappa shape index (κ3) is 4.31. The lowest BCUT2D eigenvalue weighted by Crippen LogP contribution is -2.39. The number of aliphatic carboxylic acids is 1. The van der Waals surface area contributed by atoms with Crippen molar-refractivity contribution in [1.29, 1.82) is 0 Å². The number of benzene rings is 2. The van der Waals surface area contributed by atoms with E-state index in [0.29, 0.717) is 25.9 Å². The molecule has 0 radical (unpaired) electrons. The molecule has 4 rings (SSSR count). The number of hydrogen-bond acceptors (Lipinski definition) is 3. The molecule has 2 heterocycles. The molecule has 3 aromatic rings. The highest BCUT2D eigenvalue weighted by Crippen LogP contribution is 2.24. The molecule has 6 nitrogen and oxygen atoms in total. The minimum absolute atomic E-state index is 0.116. The third-order valence-electron chi connectivity index (χ3n) is 5.64. The summed E-state index contributed by atoms with van der Waals surface area (Å²) >= 11 is 0. The highest BCUT2D eigenvalue weighted by molar-refractivity contribution is 5.79. The van der Waals surface area contributed by atoms with E-state index < -0.39 is 5.97 Å². The zero-order chi connectivity index (χ0) is 20.2. The average molecular weight is 391 g/mol. The summed E-state index contributed by atoms with van der Waals surface area (Å²) in [6, 6.07) is 18.1. The Bertz CT molecular complexity index is 1000. The molecule has 1 aromatic heterocycles. The first-order valence-electron chi connectivity index (χ1n) is 10.1. The van der Waals surface area contributed by atoms with Crippen LogP contribution in [0.3, 0.4) is 0 Å². The van der Waals surface area contributed by atoms with E-state index in [1.54, 1.807) is 0 Å². The summed E-state index contributed by atoms with van der Waals surface area (Å²) in [4.78, 5) is 30.3. The number of carbonyl (C=O) groups is 2. The number of para-hydroxylation sites is 3. The number of hydrogen-bond donors (Lipinski definition) is 1. The minimum atomic E-state index is -0.755. The van der Waals surface area contributed by atoms with Crippen LogP contribution in [0.2, 0.25) is 0 Å². The maximum Gasteiger partial charge on any atom is 0.303 e. The van der Waals surface area contributed by atoms with Gasteiger partial charge in [0.05, 0.1) is 11.0 Å². The maximum absolute atomic E-state index is 12.7. The zero-order valence-electron chi connectivity index (χ0n) is 16.3. The van der Waals surface area contributed by atoms with Crippen molar-refractivity contribution in [2.45, 2.75) is 32.1 Å². The van der Waals surface area contributed by atoms with Crippen molar-refractivity contribution < 1.29 is 14.7 Å². The lowest BCUT2D eigenvalue weighted by atomic mass is 9.93. The average Bonchev–Trinajstić information content (AvgIpc) is 3.11. The predicted molar refractivity (Wildman–Crippen MR) is 111 cm³/mol. The Labute approximate surface area is 169 Å². The number of nitrogens with zero attached hydrogens (tertiary/aromatic N) is 3. The summed E-state index contributed by atoms with van der Waals surface area (Å²) in [5.41, 5.74) is 3.00. The van der Waals surface area contributed by atoms with Crippen molar-refractivity contribution in [2.75, 3.05) is 13.1 Å². The van der Waals surface area contributed by atoms with E-state index in [2.05, 4.69) is 4.57 Å². The van der Waals surface area contributed by atoms with Gasteiger partial charge in [-0.25, -0.2) is 4.98 Å². The van der Waals surface area contributed by atoms with Crippen molar-refractivity contribution in [3.8, 4) is 5.69 Å². The van der Waals surface area contributed by atoms with Crippen molar-refractivity contribution in [1.82, 2.24) is 14.5 Å². The fourth-order valence-electron chi connectivity index (χ4n) is 4.12. The molecule has 1 amide bonds.